The standard InChI is InChI=1S/C22H45O2/c1-6-8-10-11-12-13-14-15-16-17-18-20-21(19-9-7-2)23-24-22(3,4)5/h21H,2,6-20H2,1,3-5H3. The Morgan fingerprint density at radius 3 is 1.62 bits per heavy atom. The Morgan fingerprint density at radius 2 is 1.17 bits per heavy atom. The Balaban J connectivity index is 3.54. The van der Waals surface area contributed by atoms with E-state index in [9.17, 15) is 0 Å². The van der Waals surface area contributed by atoms with Gasteiger partial charge in [0.25, 0.3) is 0 Å². The first-order chi connectivity index (χ1) is 11.5. The molecule has 0 aliphatic heterocycles. The van der Waals surface area contributed by atoms with E-state index < -0.39 is 0 Å². The molecule has 1 unspecified atom stereocenters. The van der Waals surface area contributed by atoms with Crippen LogP contribution in [0.4, 0.5) is 0 Å². The smallest absolute Gasteiger partial charge is 0.0952 e. The summed E-state index contributed by atoms with van der Waals surface area (Å²) in [6, 6.07) is 0. The first kappa shape index (κ1) is 23.9. The first-order valence-electron chi connectivity index (χ1n) is 10.6. The zero-order valence-electron chi connectivity index (χ0n) is 17.2. The van der Waals surface area contributed by atoms with Gasteiger partial charge in [0, 0.05) is 0 Å². The highest BCUT2D eigenvalue weighted by Crippen LogP contribution is 2.18. The van der Waals surface area contributed by atoms with Crippen LogP contribution < -0.4 is 0 Å². The molecule has 0 aromatic heterocycles. The van der Waals surface area contributed by atoms with Gasteiger partial charge in [-0.2, -0.15) is 0 Å². The van der Waals surface area contributed by atoms with Crippen molar-refractivity contribution in [3.05, 3.63) is 6.92 Å². The van der Waals surface area contributed by atoms with Crippen molar-refractivity contribution in [2.45, 2.75) is 136 Å². The molecule has 1 atom stereocenters. The van der Waals surface area contributed by atoms with Crippen LogP contribution in [-0.4, -0.2) is 11.7 Å². The Kier molecular flexibility index (Phi) is 16.3. The summed E-state index contributed by atoms with van der Waals surface area (Å²) >= 11 is 0. The van der Waals surface area contributed by atoms with Gasteiger partial charge in [-0.3, -0.25) is 0 Å². The van der Waals surface area contributed by atoms with Gasteiger partial charge < -0.3 is 0 Å². The van der Waals surface area contributed by atoms with E-state index in [4.69, 9.17) is 9.78 Å². The fourth-order valence-corrected chi connectivity index (χ4v) is 2.86. The van der Waals surface area contributed by atoms with E-state index in [0.29, 0.717) is 0 Å². The van der Waals surface area contributed by atoms with Crippen molar-refractivity contribution >= 4 is 0 Å². The van der Waals surface area contributed by atoms with Gasteiger partial charge >= 0.3 is 0 Å². The predicted molar refractivity (Wildman–Crippen MR) is 106 cm³/mol. The summed E-state index contributed by atoms with van der Waals surface area (Å²) in [6.07, 6.45) is 19.8. The third-order valence-electron chi connectivity index (χ3n) is 4.34. The van der Waals surface area contributed by atoms with Crippen LogP contribution in [0.2, 0.25) is 0 Å². The van der Waals surface area contributed by atoms with Crippen molar-refractivity contribution in [1.29, 1.82) is 0 Å². The van der Waals surface area contributed by atoms with Crippen molar-refractivity contribution in [2.75, 3.05) is 0 Å². The second kappa shape index (κ2) is 16.4. The molecule has 1 radical (unpaired) electrons. The molecule has 0 heterocycles. The lowest BCUT2D eigenvalue weighted by Crippen LogP contribution is -2.24. The van der Waals surface area contributed by atoms with Crippen LogP contribution in [0.25, 0.3) is 0 Å². The lowest BCUT2D eigenvalue weighted by molar-refractivity contribution is -0.374. The second-order valence-corrected chi connectivity index (χ2v) is 8.23. The Bertz CT molecular complexity index is 245. The zero-order valence-corrected chi connectivity index (χ0v) is 17.2. The van der Waals surface area contributed by atoms with Crippen molar-refractivity contribution in [3.8, 4) is 0 Å². The molecule has 0 aliphatic rings. The van der Waals surface area contributed by atoms with Crippen molar-refractivity contribution in [2.24, 2.45) is 0 Å². The van der Waals surface area contributed by atoms with Crippen molar-refractivity contribution in [3.63, 3.8) is 0 Å². The summed E-state index contributed by atoms with van der Waals surface area (Å²) < 4.78 is 0. The number of rotatable bonds is 17. The fraction of sp³-hybridized carbons (Fsp3) is 0.955. The SMILES string of the molecule is [CH2]CCCC(CCCCCCCCCCCCC)OOC(C)(C)C. The lowest BCUT2D eigenvalue weighted by atomic mass is 10.0. The van der Waals surface area contributed by atoms with Crippen LogP contribution in [-0.2, 0) is 9.78 Å². The van der Waals surface area contributed by atoms with Gasteiger partial charge in [-0.1, -0.05) is 97.3 Å². The molecule has 0 fully saturated rings. The minimum atomic E-state index is -0.222. The van der Waals surface area contributed by atoms with Gasteiger partial charge in [-0.05, 0) is 33.6 Å². The zero-order chi connectivity index (χ0) is 18.1. The average Bonchev–Trinajstić information content (AvgIpc) is 2.53. The Hall–Kier alpha value is -0.0800. The molecule has 0 amide bonds. The summed E-state index contributed by atoms with van der Waals surface area (Å²) in [5.41, 5.74) is -0.222. The first-order valence-corrected chi connectivity index (χ1v) is 10.6. The predicted octanol–water partition coefficient (Wildman–Crippen LogP) is 7.81. The van der Waals surface area contributed by atoms with E-state index in [1.54, 1.807) is 0 Å². The molecule has 2 nitrogen and oxygen atoms in total. The topological polar surface area (TPSA) is 18.5 Å². The molecule has 0 aliphatic carbocycles. The molecule has 0 spiro atoms. The largest absolute Gasteiger partial charge is 0.233 e. The minimum absolute atomic E-state index is 0.222. The van der Waals surface area contributed by atoms with Crippen LogP contribution in [0.15, 0.2) is 0 Å². The summed E-state index contributed by atoms with van der Waals surface area (Å²) in [5, 5.41) is 0. The van der Waals surface area contributed by atoms with Gasteiger partial charge in [-0.25, -0.2) is 9.78 Å². The summed E-state index contributed by atoms with van der Waals surface area (Å²) in [5.74, 6) is 0. The van der Waals surface area contributed by atoms with Gasteiger partial charge in [0.2, 0.25) is 0 Å². The molecule has 2 heteroatoms. The molecule has 0 N–H and O–H groups in total. The Labute approximate surface area is 153 Å². The van der Waals surface area contributed by atoms with Gasteiger partial charge in [0.05, 0.1) is 11.7 Å². The normalized spacial score (nSPS) is 13.4. The van der Waals surface area contributed by atoms with Crippen molar-refractivity contribution in [1.82, 2.24) is 0 Å². The van der Waals surface area contributed by atoms with Gasteiger partial charge in [0.1, 0.15) is 0 Å². The van der Waals surface area contributed by atoms with Crippen LogP contribution in [0, 0.1) is 6.92 Å². The molecule has 0 saturated carbocycles. The van der Waals surface area contributed by atoms with Crippen LogP contribution >= 0.6 is 0 Å². The average molecular weight is 342 g/mol. The monoisotopic (exact) mass is 341 g/mol. The quantitative estimate of drug-likeness (QED) is 0.152. The van der Waals surface area contributed by atoms with Crippen molar-refractivity contribution < 1.29 is 9.78 Å². The van der Waals surface area contributed by atoms with E-state index in [0.717, 1.165) is 25.7 Å². The molecule has 0 aromatic carbocycles. The van der Waals surface area contributed by atoms with Gasteiger partial charge in [-0.15, -0.1) is 0 Å². The number of hydrogen-bond donors (Lipinski definition) is 0. The van der Waals surface area contributed by atoms with E-state index in [2.05, 4.69) is 13.8 Å². The highest BCUT2D eigenvalue weighted by molar-refractivity contribution is 4.61. The molecule has 24 heavy (non-hydrogen) atoms. The van der Waals surface area contributed by atoms with Crippen LogP contribution in [0.1, 0.15) is 124 Å². The molecule has 0 aromatic rings. The molecule has 0 rings (SSSR count). The third kappa shape index (κ3) is 18.3. The second-order valence-electron chi connectivity index (χ2n) is 8.23. The van der Waals surface area contributed by atoms with E-state index in [1.165, 1.54) is 70.6 Å². The highest BCUT2D eigenvalue weighted by Gasteiger charge is 2.16. The molecule has 145 valence electrons. The minimum Gasteiger partial charge on any atom is -0.233 e. The maximum atomic E-state index is 5.67. The fourth-order valence-electron chi connectivity index (χ4n) is 2.86. The molecule has 0 bridgehead atoms. The third-order valence-corrected chi connectivity index (χ3v) is 4.34. The van der Waals surface area contributed by atoms with Crippen LogP contribution in [0.3, 0.4) is 0 Å². The molecule has 0 saturated heterocycles. The molecular weight excluding hydrogens is 296 g/mol. The van der Waals surface area contributed by atoms with Gasteiger partial charge in [0.15, 0.2) is 0 Å². The summed E-state index contributed by atoms with van der Waals surface area (Å²) in [6.45, 7) is 12.3. The highest BCUT2D eigenvalue weighted by atomic mass is 17.2. The Morgan fingerprint density at radius 1 is 0.708 bits per heavy atom. The summed E-state index contributed by atoms with van der Waals surface area (Å²) in [7, 11) is 0. The van der Waals surface area contributed by atoms with E-state index >= 15 is 0 Å². The van der Waals surface area contributed by atoms with Crippen LogP contribution in [0.5, 0.6) is 0 Å². The summed E-state index contributed by atoms with van der Waals surface area (Å²) in [4.78, 5) is 11.2. The number of unbranched alkanes of at least 4 members (excludes halogenated alkanes) is 11. The van der Waals surface area contributed by atoms with E-state index in [-0.39, 0.29) is 11.7 Å². The lowest BCUT2D eigenvalue weighted by Gasteiger charge is -2.23. The maximum absolute atomic E-state index is 5.67. The number of hydrogen-bond acceptors (Lipinski definition) is 2. The maximum Gasteiger partial charge on any atom is 0.0952 e. The molecular formula is C22H45O2. The van der Waals surface area contributed by atoms with E-state index in [1.807, 2.05) is 20.8 Å².